The number of hydrogen-bond acceptors (Lipinski definition) is 7. The third-order valence-electron chi connectivity index (χ3n) is 6.01. The molecule has 9 heteroatoms. The molecule has 1 aliphatic rings. The molecular weight excluding hydrogens is 456 g/mol. The van der Waals surface area contributed by atoms with Gasteiger partial charge in [-0.3, -0.25) is 9.69 Å². The molecule has 33 heavy (non-hydrogen) atoms. The molecule has 4 rings (SSSR count). The van der Waals surface area contributed by atoms with E-state index in [0.29, 0.717) is 12.1 Å². The van der Waals surface area contributed by atoms with Crippen LogP contribution >= 0.6 is 11.3 Å². The second-order valence-electron chi connectivity index (χ2n) is 8.44. The van der Waals surface area contributed by atoms with E-state index in [2.05, 4.69) is 41.1 Å². The first-order chi connectivity index (χ1) is 15.8. The monoisotopic (exact) mass is 486 g/mol. The maximum absolute atomic E-state index is 12.5. The van der Waals surface area contributed by atoms with Crippen molar-refractivity contribution in [2.75, 3.05) is 49.9 Å². The number of amides is 1. The predicted molar refractivity (Wildman–Crippen MR) is 134 cm³/mol. The third-order valence-corrected chi connectivity index (χ3v) is 8.81. The second kappa shape index (κ2) is 9.79. The summed E-state index contributed by atoms with van der Waals surface area (Å²) in [6.45, 7) is 10.7. The number of aromatic nitrogens is 1. The number of nitrogens with zero attached hydrogens (tertiary/aromatic N) is 3. The van der Waals surface area contributed by atoms with Gasteiger partial charge >= 0.3 is 0 Å². The Labute approximate surface area is 199 Å². The Morgan fingerprint density at radius 3 is 2.61 bits per heavy atom. The van der Waals surface area contributed by atoms with E-state index >= 15 is 0 Å². The zero-order valence-electron chi connectivity index (χ0n) is 19.3. The van der Waals surface area contributed by atoms with E-state index < -0.39 is 9.84 Å². The number of sulfone groups is 1. The highest BCUT2D eigenvalue weighted by Crippen LogP contribution is 2.32. The van der Waals surface area contributed by atoms with Crippen LogP contribution < -0.4 is 10.2 Å². The minimum atomic E-state index is -3.33. The molecule has 2 heterocycles. The van der Waals surface area contributed by atoms with E-state index in [1.165, 1.54) is 28.0 Å². The summed E-state index contributed by atoms with van der Waals surface area (Å²) >= 11 is 1.75. The van der Waals surface area contributed by atoms with E-state index in [0.717, 1.165) is 43.4 Å². The normalized spacial score (nSPS) is 15.2. The third kappa shape index (κ3) is 5.37. The van der Waals surface area contributed by atoms with E-state index in [9.17, 15) is 13.2 Å². The molecule has 0 atom stereocenters. The topological polar surface area (TPSA) is 82.6 Å². The summed E-state index contributed by atoms with van der Waals surface area (Å²) in [5, 5.41) is 3.99. The molecule has 1 fully saturated rings. The Hall–Kier alpha value is -2.49. The Bertz CT molecular complexity index is 1260. The standard InChI is InChI=1S/C24H30N4O3S2/c1-4-33(30,31)20-7-5-6-19(16-20)23(29)25-8-9-27-10-12-28(13-11-27)24-26-22-18(3)14-17(2)15-21(22)32-24/h5-7,14-16H,4,8-13H2,1-3H3,(H,25,29). The van der Waals surface area contributed by atoms with Crippen LogP contribution in [0.1, 0.15) is 28.4 Å². The highest BCUT2D eigenvalue weighted by atomic mass is 32.2. The SMILES string of the molecule is CCS(=O)(=O)c1cccc(C(=O)NCCN2CCN(c3nc4c(C)cc(C)cc4s3)CC2)c1. The van der Waals surface area contributed by atoms with Crippen LogP contribution in [0.3, 0.4) is 0 Å². The maximum atomic E-state index is 12.5. The highest BCUT2D eigenvalue weighted by Gasteiger charge is 2.20. The van der Waals surface area contributed by atoms with Crippen molar-refractivity contribution in [2.45, 2.75) is 25.7 Å². The number of anilines is 1. The van der Waals surface area contributed by atoms with Gasteiger partial charge in [-0.15, -0.1) is 0 Å². The van der Waals surface area contributed by atoms with Gasteiger partial charge in [-0.1, -0.05) is 30.4 Å². The first-order valence-electron chi connectivity index (χ1n) is 11.2. The number of rotatable bonds is 7. The van der Waals surface area contributed by atoms with Crippen molar-refractivity contribution in [3.05, 3.63) is 53.1 Å². The van der Waals surface area contributed by atoms with Crippen molar-refractivity contribution >= 4 is 42.4 Å². The Morgan fingerprint density at radius 1 is 1.12 bits per heavy atom. The minimum Gasteiger partial charge on any atom is -0.351 e. The minimum absolute atomic E-state index is 0.0142. The lowest BCUT2D eigenvalue weighted by molar-refractivity contribution is 0.0947. The van der Waals surface area contributed by atoms with Crippen LogP contribution in [0.4, 0.5) is 5.13 Å². The number of thiazole rings is 1. The van der Waals surface area contributed by atoms with Crippen LogP contribution in [0.2, 0.25) is 0 Å². The Kier molecular flexibility index (Phi) is 7.02. The zero-order valence-corrected chi connectivity index (χ0v) is 20.9. The number of carbonyl (C=O) groups excluding carboxylic acids is 1. The summed E-state index contributed by atoms with van der Waals surface area (Å²) < 4.78 is 25.4. The molecular formula is C24H30N4O3S2. The van der Waals surface area contributed by atoms with E-state index in [4.69, 9.17) is 4.98 Å². The number of nitrogens with one attached hydrogen (secondary N) is 1. The van der Waals surface area contributed by atoms with Gasteiger partial charge < -0.3 is 10.2 Å². The van der Waals surface area contributed by atoms with Crippen LogP contribution in [-0.4, -0.2) is 69.2 Å². The van der Waals surface area contributed by atoms with Crippen molar-refractivity contribution in [3.63, 3.8) is 0 Å². The summed E-state index contributed by atoms with van der Waals surface area (Å²) in [7, 11) is -3.33. The van der Waals surface area contributed by atoms with Crippen molar-refractivity contribution in [1.29, 1.82) is 0 Å². The number of carbonyl (C=O) groups is 1. The molecule has 0 bridgehead atoms. The summed E-state index contributed by atoms with van der Waals surface area (Å²) in [6.07, 6.45) is 0. The average molecular weight is 487 g/mol. The lowest BCUT2D eigenvalue weighted by Gasteiger charge is -2.34. The lowest BCUT2D eigenvalue weighted by atomic mass is 10.1. The van der Waals surface area contributed by atoms with Crippen LogP contribution in [0.15, 0.2) is 41.3 Å². The van der Waals surface area contributed by atoms with Crippen LogP contribution in [0.5, 0.6) is 0 Å². The Balaban J connectivity index is 1.28. The molecule has 1 aromatic heterocycles. The van der Waals surface area contributed by atoms with Crippen molar-refractivity contribution < 1.29 is 13.2 Å². The molecule has 0 radical (unpaired) electrons. The van der Waals surface area contributed by atoms with Gasteiger partial charge in [-0.2, -0.15) is 0 Å². The van der Waals surface area contributed by atoms with Gasteiger partial charge in [0.15, 0.2) is 15.0 Å². The molecule has 0 saturated carbocycles. The van der Waals surface area contributed by atoms with E-state index in [1.54, 1.807) is 30.4 Å². The molecule has 1 amide bonds. The molecule has 7 nitrogen and oxygen atoms in total. The number of benzene rings is 2. The van der Waals surface area contributed by atoms with Gasteiger partial charge in [0.2, 0.25) is 0 Å². The molecule has 2 aromatic carbocycles. The molecule has 0 unspecified atom stereocenters. The van der Waals surface area contributed by atoms with Crippen LogP contribution in [-0.2, 0) is 9.84 Å². The molecule has 1 aliphatic heterocycles. The fourth-order valence-electron chi connectivity index (χ4n) is 4.08. The van der Waals surface area contributed by atoms with Gasteiger partial charge in [0, 0.05) is 44.8 Å². The number of fused-ring (bicyclic) bond motifs is 1. The van der Waals surface area contributed by atoms with Crippen LogP contribution in [0, 0.1) is 13.8 Å². The van der Waals surface area contributed by atoms with Gasteiger partial charge in [0.25, 0.3) is 5.91 Å². The number of hydrogen-bond donors (Lipinski definition) is 1. The number of piperazine rings is 1. The molecule has 0 spiro atoms. The van der Waals surface area contributed by atoms with Crippen LogP contribution in [0.25, 0.3) is 10.2 Å². The smallest absolute Gasteiger partial charge is 0.251 e. The fourth-order valence-corrected chi connectivity index (χ4v) is 6.20. The van der Waals surface area contributed by atoms with Crippen molar-refractivity contribution in [2.24, 2.45) is 0 Å². The second-order valence-corrected chi connectivity index (χ2v) is 11.7. The maximum Gasteiger partial charge on any atom is 0.251 e. The van der Waals surface area contributed by atoms with Gasteiger partial charge in [-0.05, 0) is 49.2 Å². The van der Waals surface area contributed by atoms with Crippen molar-refractivity contribution in [1.82, 2.24) is 15.2 Å². The predicted octanol–water partition coefficient (Wildman–Crippen LogP) is 3.26. The molecule has 176 valence electrons. The summed E-state index contributed by atoms with van der Waals surface area (Å²) in [5.74, 6) is -0.234. The van der Waals surface area contributed by atoms with Gasteiger partial charge in [0.05, 0.1) is 20.9 Å². The molecule has 1 N–H and O–H groups in total. The largest absolute Gasteiger partial charge is 0.351 e. The summed E-state index contributed by atoms with van der Waals surface area (Å²) in [5.41, 5.74) is 3.96. The lowest BCUT2D eigenvalue weighted by Crippen LogP contribution is -2.48. The highest BCUT2D eigenvalue weighted by molar-refractivity contribution is 7.91. The summed E-state index contributed by atoms with van der Waals surface area (Å²) in [4.78, 5) is 22.2. The first-order valence-corrected chi connectivity index (χ1v) is 13.7. The fraction of sp³-hybridized carbons (Fsp3) is 0.417. The molecule has 3 aromatic rings. The van der Waals surface area contributed by atoms with E-state index in [1.807, 2.05) is 0 Å². The quantitative estimate of drug-likeness (QED) is 0.552. The van der Waals surface area contributed by atoms with Crippen molar-refractivity contribution in [3.8, 4) is 0 Å². The zero-order chi connectivity index (χ0) is 23.6. The summed E-state index contributed by atoms with van der Waals surface area (Å²) in [6, 6.07) is 10.6. The Morgan fingerprint density at radius 2 is 1.88 bits per heavy atom. The van der Waals surface area contributed by atoms with Gasteiger partial charge in [-0.25, -0.2) is 13.4 Å². The number of aryl methyl sites for hydroxylation is 2. The average Bonchev–Trinajstić information content (AvgIpc) is 3.24. The molecule has 1 saturated heterocycles. The van der Waals surface area contributed by atoms with Gasteiger partial charge in [0.1, 0.15) is 0 Å². The first kappa shape index (κ1) is 23.7. The van der Waals surface area contributed by atoms with E-state index in [-0.39, 0.29) is 16.6 Å². The molecule has 0 aliphatic carbocycles.